The molecule has 2 aliphatic rings. The van der Waals surface area contributed by atoms with E-state index in [0.717, 1.165) is 44.5 Å². The van der Waals surface area contributed by atoms with Crippen LogP contribution in [0, 0.1) is 12.8 Å². The number of ketones is 1. The van der Waals surface area contributed by atoms with Crippen LogP contribution in [0.4, 0.5) is 0 Å². The molecule has 0 radical (unpaired) electrons. The number of cyclic esters (lactones) is 1. The van der Waals surface area contributed by atoms with Gasteiger partial charge in [-0.2, -0.15) is 0 Å². The number of rotatable bonds is 6. The normalized spacial score (nSPS) is 17.1. The summed E-state index contributed by atoms with van der Waals surface area (Å²) in [6, 6.07) is 9.32. The van der Waals surface area contributed by atoms with Gasteiger partial charge in [0.05, 0.1) is 5.56 Å². The summed E-state index contributed by atoms with van der Waals surface area (Å²) in [5, 5.41) is 7.61. The molecule has 2 aromatic carbocycles. The van der Waals surface area contributed by atoms with Crippen molar-refractivity contribution in [3.63, 3.8) is 0 Å². The van der Waals surface area contributed by atoms with Crippen molar-refractivity contribution >= 4 is 22.8 Å². The van der Waals surface area contributed by atoms with Crippen molar-refractivity contribution < 1.29 is 19.0 Å². The number of nitrogens with zero attached hydrogens (tertiary/aromatic N) is 3. The van der Waals surface area contributed by atoms with E-state index in [2.05, 4.69) is 28.2 Å². The Morgan fingerprint density at radius 1 is 1.13 bits per heavy atom. The average molecular weight is 419 g/mol. The average Bonchev–Trinajstić information content (AvgIpc) is 3.41. The van der Waals surface area contributed by atoms with Gasteiger partial charge >= 0.3 is 5.97 Å². The third kappa shape index (κ3) is 3.97. The molecule has 3 heterocycles. The predicted molar refractivity (Wildman–Crippen MR) is 114 cm³/mol. The molecule has 7 nitrogen and oxygen atoms in total. The highest BCUT2D eigenvalue weighted by atomic mass is 16.6. The van der Waals surface area contributed by atoms with Crippen LogP contribution < -0.4 is 0 Å². The SMILES string of the molecule is Cc1c(CCN2CCC(CC(=O)c3ccc4nonc4c3)CC2)ccc2c1COC2=O. The lowest BCUT2D eigenvalue weighted by atomic mass is 9.89. The molecule has 2 aliphatic heterocycles. The minimum Gasteiger partial charge on any atom is -0.457 e. The standard InChI is InChI=1S/C24H25N3O4/c1-15-17(2-4-19-20(15)14-30-24(19)29)8-11-27-9-6-16(7-10-27)12-23(28)18-3-5-21-22(13-18)26-31-25-21/h2-5,13,16H,6-12,14H2,1H3. The Hall–Kier alpha value is -3.06. The van der Waals surface area contributed by atoms with Crippen molar-refractivity contribution in [2.45, 2.75) is 39.2 Å². The van der Waals surface area contributed by atoms with Gasteiger partial charge in [0, 0.05) is 24.1 Å². The number of hydrogen-bond acceptors (Lipinski definition) is 7. The number of piperidine rings is 1. The number of carbonyl (C=O) groups excluding carboxylic acids is 2. The lowest BCUT2D eigenvalue weighted by Gasteiger charge is -2.31. The number of ether oxygens (including phenoxy) is 1. The number of carbonyl (C=O) groups is 2. The minimum absolute atomic E-state index is 0.161. The summed E-state index contributed by atoms with van der Waals surface area (Å²) in [6.45, 7) is 5.49. The molecule has 160 valence electrons. The molecule has 5 rings (SSSR count). The van der Waals surface area contributed by atoms with Gasteiger partial charge in [0.2, 0.25) is 0 Å². The molecular weight excluding hydrogens is 394 g/mol. The lowest BCUT2D eigenvalue weighted by Crippen LogP contribution is -2.35. The maximum absolute atomic E-state index is 12.7. The Labute approximate surface area is 180 Å². The predicted octanol–water partition coefficient (Wildman–Crippen LogP) is 3.73. The second-order valence-electron chi connectivity index (χ2n) is 8.58. The van der Waals surface area contributed by atoms with E-state index in [-0.39, 0.29) is 11.8 Å². The van der Waals surface area contributed by atoms with Gasteiger partial charge in [-0.25, -0.2) is 9.42 Å². The maximum atomic E-state index is 12.7. The van der Waals surface area contributed by atoms with Crippen LogP contribution in [0.2, 0.25) is 0 Å². The monoisotopic (exact) mass is 419 g/mol. The lowest BCUT2D eigenvalue weighted by molar-refractivity contribution is 0.0534. The van der Waals surface area contributed by atoms with Crippen LogP contribution in [-0.2, 0) is 17.8 Å². The summed E-state index contributed by atoms with van der Waals surface area (Å²) < 4.78 is 9.87. The second-order valence-corrected chi connectivity index (χ2v) is 8.58. The second kappa shape index (κ2) is 8.23. The number of likely N-dealkylation sites (tertiary alicyclic amines) is 1. The molecule has 1 fully saturated rings. The molecule has 3 aromatic rings. The van der Waals surface area contributed by atoms with Crippen molar-refractivity contribution in [1.29, 1.82) is 0 Å². The van der Waals surface area contributed by atoms with Crippen molar-refractivity contribution in [3.8, 4) is 0 Å². The third-order valence-electron chi connectivity index (χ3n) is 6.73. The molecule has 0 N–H and O–H groups in total. The Morgan fingerprint density at radius 2 is 1.94 bits per heavy atom. The fourth-order valence-electron chi connectivity index (χ4n) is 4.70. The number of Topliss-reactive ketones (excluding diaryl/α,β-unsaturated/α-hetero) is 1. The first-order chi connectivity index (χ1) is 15.1. The highest BCUT2D eigenvalue weighted by Crippen LogP contribution is 2.27. The number of aromatic nitrogens is 2. The molecule has 0 spiro atoms. The van der Waals surface area contributed by atoms with Gasteiger partial charge in [-0.1, -0.05) is 6.07 Å². The molecule has 0 saturated carbocycles. The topological polar surface area (TPSA) is 85.5 Å². The molecule has 0 aliphatic carbocycles. The Kier molecular flexibility index (Phi) is 5.28. The first-order valence-electron chi connectivity index (χ1n) is 10.8. The van der Waals surface area contributed by atoms with Crippen LogP contribution in [0.5, 0.6) is 0 Å². The van der Waals surface area contributed by atoms with Gasteiger partial charge < -0.3 is 9.64 Å². The van der Waals surface area contributed by atoms with Gasteiger partial charge in [0.15, 0.2) is 5.78 Å². The Balaban J connectivity index is 1.12. The van der Waals surface area contributed by atoms with E-state index in [4.69, 9.17) is 9.37 Å². The molecule has 31 heavy (non-hydrogen) atoms. The summed E-state index contributed by atoms with van der Waals surface area (Å²) in [7, 11) is 0. The van der Waals surface area contributed by atoms with E-state index in [1.165, 1.54) is 11.1 Å². The van der Waals surface area contributed by atoms with Crippen molar-refractivity contribution in [3.05, 3.63) is 58.1 Å². The van der Waals surface area contributed by atoms with Crippen LogP contribution in [-0.4, -0.2) is 46.6 Å². The molecule has 0 bridgehead atoms. The highest BCUT2D eigenvalue weighted by Gasteiger charge is 2.25. The molecule has 0 unspecified atom stereocenters. The first-order valence-corrected chi connectivity index (χ1v) is 10.8. The third-order valence-corrected chi connectivity index (χ3v) is 6.73. The van der Waals surface area contributed by atoms with Crippen molar-refractivity contribution in [2.24, 2.45) is 5.92 Å². The van der Waals surface area contributed by atoms with Gasteiger partial charge in [0.25, 0.3) is 0 Å². The van der Waals surface area contributed by atoms with Crippen LogP contribution in [0.1, 0.15) is 56.7 Å². The molecule has 7 heteroatoms. The van der Waals surface area contributed by atoms with Crippen molar-refractivity contribution in [1.82, 2.24) is 15.2 Å². The number of fused-ring (bicyclic) bond motifs is 2. The minimum atomic E-state index is -0.209. The fourth-order valence-corrected chi connectivity index (χ4v) is 4.70. The summed E-state index contributed by atoms with van der Waals surface area (Å²) in [5.41, 5.74) is 6.20. The summed E-state index contributed by atoms with van der Waals surface area (Å²) in [6.07, 6.45) is 3.60. The van der Waals surface area contributed by atoms with Crippen LogP contribution in [0.15, 0.2) is 35.0 Å². The van der Waals surface area contributed by atoms with Crippen LogP contribution >= 0.6 is 0 Å². The van der Waals surface area contributed by atoms with Crippen LogP contribution in [0.25, 0.3) is 11.0 Å². The van der Waals surface area contributed by atoms with E-state index in [1.807, 2.05) is 12.1 Å². The number of benzene rings is 2. The molecular formula is C24H25N3O4. The Morgan fingerprint density at radius 3 is 2.77 bits per heavy atom. The fraction of sp³-hybridized carbons (Fsp3) is 0.417. The zero-order valence-corrected chi connectivity index (χ0v) is 17.6. The zero-order valence-electron chi connectivity index (χ0n) is 17.6. The van der Waals surface area contributed by atoms with Gasteiger partial charge in [-0.3, -0.25) is 4.79 Å². The first kappa shape index (κ1) is 19.9. The van der Waals surface area contributed by atoms with E-state index in [0.29, 0.717) is 41.1 Å². The molecule has 1 aromatic heterocycles. The molecule has 1 saturated heterocycles. The Bertz CT molecular complexity index is 1140. The zero-order chi connectivity index (χ0) is 21.4. The van der Waals surface area contributed by atoms with Gasteiger partial charge in [-0.15, -0.1) is 0 Å². The van der Waals surface area contributed by atoms with E-state index in [1.54, 1.807) is 12.1 Å². The number of esters is 1. The molecule has 0 atom stereocenters. The summed E-state index contributed by atoms with van der Waals surface area (Å²) in [5.74, 6) is 0.368. The molecule has 0 amide bonds. The number of hydrogen-bond donors (Lipinski definition) is 0. The van der Waals surface area contributed by atoms with Crippen LogP contribution in [0.3, 0.4) is 0 Å². The quantitative estimate of drug-likeness (QED) is 0.444. The van der Waals surface area contributed by atoms with E-state index >= 15 is 0 Å². The van der Waals surface area contributed by atoms with Gasteiger partial charge in [-0.05, 0) is 90.9 Å². The summed E-state index contributed by atoms with van der Waals surface area (Å²) >= 11 is 0. The van der Waals surface area contributed by atoms with Gasteiger partial charge in [0.1, 0.15) is 17.6 Å². The van der Waals surface area contributed by atoms with E-state index < -0.39 is 0 Å². The summed E-state index contributed by atoms with van der Waals surface area (Å²) in [4.78, 5) is 26.9. The maximum Gasteiger partial charge on any atom is 0.338 e. The van der Waals surface area contributed by atoms with Crippen molar-refractivity contribution in [2.75, 3.05) is 19.6 Å². The largest absolute Gasteiger partial charge is 0.457 e. The highest BCUT2D eigenvalue weighted by molar-refractivity contribution is 5.98. The van der Waals surface area contributed by atoms with E-state index in [9.17, 15) is 9.59 Å². The smallest absolute Gasteiger partial charge is 0.338 e.